The number of urea groups is 1. The number of nitrogens with one attached hydrogen (secondary N) is 2. The zero-order valence-electron chi connectivity index (χ0n) is 12.1. The van der Waals surface area contributed by atoms with Gasteiger partial charge in [0.2, 0.25) is 0 Å². The molecule has 0 aliphatic carbocycles. The summed E-state index contributed by atoms with van der Waals surface area (Å²) in [6.07, 6.45) is 5.26. The third kappa shape index (κ3) is 10.7. The van der Waals surface area contributed by atoms with Gasteiger partial charge in [0.1, 0.15) is 0 Å². The number of rotatable bonds is 10. The van der Waals surface area contributed by atoms with Crippen LogP contribution in [0.25, 0.3) is 0 Å². The maximum atomic E-state index is 11.6. The summed E-state index contributed by atoms with van der Waals surface area (Å²) in [6, 6.07) is -0.598. The molecule has 3 N–H and O–H groups in total. The molecule has 112 valence electrons. The third-order valence-electron chi connectivity index (χ3n) is 2.83. The number of thioether (sulfide) groups is 1. The maximum absolute atomic E-state index is 11.6. The van der Waals surface area contributed by atoms with E-state index in [1.807, 2.05) is 25.6 Å². The van der Waals surface area contributed by atoms with Crippen LogP contribution in [-0.4, -0.2) is 41.7 Å². The van der Waals surface area contributed by atoms with E-state index >= 15 is 0 Å². The number of hydrogen-bond acceptors (Lipinski definition) is 3. The number of carboxylic acid groups (broad SMARTS) is 1. The second kappa shape index (κ2) is 11.0. The lowest BCUT2D eigenvalue weighted by Crippen LogP contribution is -2.45. The first-order chi connectivity index (χ1) is 8.97. The predicted molar refractivity (Wildman–Crippen MR) is 79.6 cm³/mol. The van der Waals surface area contributed by atoms with Crippen LogP contribution < -0.4 is 10.6 Å². The van der Waals surface area contributed by atoms with Crippen molar-refractivity contribution in [3.8, 4) is 0 Å². The summed E-state index contributed by atoms with van der Waals surface area (Å²) in [5, 5.41) is 14.3. The lowest BCUT2D eigenvalue weighted by Gasteiger charge is -2.20. The summed E-state index contributed by atoms with van der Waals surface area (Å²) in [4.78, 5) is 22.3. The Balaban J connectivity index is 3.78. The van der Waals surface area contributed by atoms with E-state index in [0.29, 0.717) is 6.54 Å². The SMILES string of the molecule is CSCCCCCNC(=O)NC(CC(=O)O)C(C)C. The highest BCUT2D eigenvalue weighted by molar-refractivity contribution is 7.98. The number of aliphatic carboxylic acids is 1. The van der Waals surface area contributed by atoms with E-state index in [1.54, 1.807) is 0 Å². The van der Waals surface area contributed by atoms with Crippen LogP contribution >= 0.6 is 11.8 Å². The Morgan fingerprint density at radius 3 is 2.42 bits per heavy atom. The minimum Gasteiger partial charge on any atom is -0.481 e. The number of amides is 2. The molecule has 0 radical (unpaired) electrons. The fraction of sp³-hybridized carbons (Fsp3) is 0.846. The number of carbonyl (C=O) groups excluding carboxylic acids is 1. The second-order valence-corrected chi connectivity index (χ2v) is 5.89. The van der Waals surface area contributed by atoms with Gasteiger partial charge in [-0.15, -0.1) is 0 Å². The Bertz CT molecular complexity index is 273. The highest BCUT2D eigenvalue weighted by atomic mass is 32.2. The molecule has 0 aromatic carbocycles. The van der Waals surface area contributed by atoms with E-state index in [2.05, 4.69) is 16.9 Å². The van der Waals surface area contributed by atoms with Crippen molar-refractivity contribution in [2.75, 3.05) is 18.6 Å². The molecule has 0 rings (SSSR count). The van der Waals surface area contributed by atoms with Gasteiger partial charge in [-0.3, -0.25) is 4.79 Å². The number of hydrogen-bond donors (Lipinski definition) is 3. The molecule has 5 nitrogen and oxygen atoms in total. The van der Waals surface area contributed by atoms with E-state index < -0.39 is 5.97 Å². The molecule has 6 heteroatoms. The zero-order valence-corrected chi connectivity index (χ0v) is 12.9. The first kappa shape index (κ1) is 18.1. The number of carbonyl (C=O) groups is 2. The van der Waals surface area contributed by atoms with Gasteiger partial charge in [-0.25, -0.2) is 4.79 Å². The van der Waals surface area contributed by atoms with E-state index in [9.17, 15) is 9.59 Å². The molecule has 0 aromatic rings. The van der Waals surface area contributed by atoms with Gasteiger partial charge in [0.15, 0.2) is 0 Å². The van der Waals surface area contributed by atoms with Gasteiger partial charge in [0.25, 0.3) is 0 Å². The summed E-state index contributed by atoms with van der Waals surface area (Å²) in [5.41, 5.74) is 0. The van der Waals surface area contributed by atoms with Crippen molar-refractivity contribution >= 4 is 23.8 Å². The molecule has 0 saturated carbocycles. The molecule has 0 saturated heterocycles. The largest absolute Gasteiger partial charge is 0.481 e. The van der Waals surface area contributed by atoms with Crippen LogP contribution in [0.1, 0.15) is 39.5 Å². The van der Waals surface area contributed by atoms with E-state index in [0.717, 1.165) is 25.0 Å². The van der Waals surface area contributed by atoms with Gasteiger partial charge in [0, 0.05) is 12.6 Å². The molecular weight excluding hydrogens is 264 g/mol. The summed E-state index contributed by atoms with van der Waals surface area (Å²) in [6.45, 7) is 4.44. The van der Waals surface area contributed by atoms with E-state index in [1.165, 1.54) is 0 Å². The molecule has 0 fully saturated rings. The summed E-state index contributed by atoms with van der Waals surface area (Å²) in [5.74, 6) is 0.361. The molecule has 0 heterocycles. The van der Waals surface area contributed by atoms with Crippen molar-refractivity contribution in [3.05, 3.63) is 0 Å². The second-order valence-electron chi connectivity index (χ2n) is 4.90. The van der Waals surface area contributed by atoms with Crippen molar-refractivity contribution in [1.29, 1.82) is 0 Å². The third-order valence-corrected chi connectivity index (χ3v) is 3.52. The minimum absolute atomic E-state index is 0.0428. The topological polar surface area (TPSA) is 78.4 Å². The average Bonchev–Trinajstić information content (AvgIpc) is 2.32. The fourth-order valence-corrected chi connectivity index (χ4v) is 2.10. The molecule has 0 aromatic heterocycles. The van der Waals surface area contributed by atoms with Crippen molar-refractivity contribution in [3.63, 3.8) is 0 Å². The van der Waals surface area contributed by atoms with Crippen LogP contribution in [0, 0.1) is 5.92 Å². The highest BCUT2D eigenvalue weighted by Crippen LogP contribution is 2.06. The molecule has 2 amide bonds. The summed E-state index contributed by atoms with van der Waals surface area (Å²) >= 11 is 1.83. The monoisotopic (exact) mass is 290 g/mol. The lowest BCUT2D eigenvalue weighted by atomic mass is 10.0. The molecule has 1 unspecified atom stereocenters. The van der Waals surface area contributed by atoms with Crippen molar-refractivity contribution in [2.45, 2.75) is 45.6 Å². The molecule has 0 bridgehead atoms. The van der Waals surface area contributed by atoms with Gasteiger partial charge in [-0.05, 0) is 30.8 Å². The Labute approximate surface area is 119 Å². The summed E-state index contributed by atoms with van der Waals surface area (Å²) in [7, 11) is 0. The van der Waals surface area contributed by atoms with Crippen LogP contribution in [0.2, 0.25) is 0 Å². The minimum atomic E-state index is -0.893. The van der Waals surface area contributed by atoms with Gasteiger partial charge in [-0.1, -0.05) is 20.3 Å². The van der Waals surface area contributed by atoms with Crippen LogP contribution in [0.5, 0.6) is 0 Å². The van der Waals surface area contributed by atoms with Crippen molar-refractivity contribution in [1.82, 2.24) is 10.6 Å². The Morgan fingerprint density at radius 1 is 1.21 bits per heavy atom. The van der Waals surface area contributed by atoms with Crippen LogP contribution in [0.15, 0.2) is 0 Å². The molecule has 0 spiro atoms. The van der Waals surface area contributed by atoms with Gasteiger partial charge in [-0.2, -0.15) is 11.8 Å². The number of unbranched alkanes of at least 4 members (excludes halogenated alkanes) is 2. The molecule has 0 aliphatic rings. The summed E-state index contributed by atoms with van der Waals surface area (Å²) < 4.78 is 0. The Hall–Kier alpha value is -0.910. The standard InChI is InChI=1S/C13H26N2O3S/c1-10(2)11(9-12(16)17)15-13(18)14-7-5-4-6-8-19-3/h10-11H,4-9H2,1-3H3,(H,16,17)(H2,14,15,18). The molecular formula is C13H26N2O3S. The van der Waals surface area contributed by atoms with Gasteiger partial charge in [0.05, 0.1) is 6.42 Å². The van der Waals surface area contributed by atoms with Crippen LogP contribution in [-0.2, 0) is 4.79 Å². The van der Waals surface area contributed by atoms with Gasteiger partial charge < -0.3 is 15.7 Å². The molecule has 19 heavy (non-hydrogen) atoms. The Kier molecular flexibility index (Phi) is 10.4. The normalized spacial score (nSPS) is 12.2. The Morgan fingerprint density at radius 2 is 1.89 bits per heavy atom. The molecule has 0 aliphatic heterocycles. The van der Waals surface area contributed by atoms with Crippen molar-refractivity contribution < 1.29 is 14.7 Å². The van der Waals surface area contributed by atoms with Crippen LogP contribution in [0.3, 0.4) is 0 Å². The quantitative estimate of drug-likeness (QED) is 0.540. The molecule has 1 atom stereocenters. The van der Waals surface area contributed by atoms with Crippen LogP contribution in [0.4, 0.5) is 4.79 Å². The highest BCUT2D eigenvalue weighted by Gasteiger charge is 2.18. The first-order valence-corrected chi connectivity index (χ1v) is 8.11. The zero-order chi connectivity index (χ0) is 14.7. The predicted octanol–water partition coefficient (Wildman–Crippen LogP) is 2.32. The fourth-order valence-electron chi connectivity index (χ4n) is 1.61. The van der Waals surface area contributed by atoms with E-state index in [4.69, 9.17) is 5.11 Å². The van der Waals surface area contributed by atoms with Crippen molar-refractivity contribution in [2.24, 2.45) is 5.92 Å². The first-order valence-electron chi connectivity index (χ1n) is 6.72. The lowest BCUT2D eigenvalue weighted by molar-refractivity contribution is -0.137. The smallest absolute Gasteiger partial charge is 0.315 e. The van der Waals surface area contributed by atoms with E-state index in [-0.39, 0.29) is 24.4 Å². The van der Waals surface area contributed by atoms with Gasteiger partial charge >= 0.3 is 12.0 Å². The maximum Gasteiger partial charge on any atom is 0.315 e. The average molecular weight is 290 g/mol. The number of carboxylic acids is 1.